The van der Waals surface area contributed by atoms with Crippen molar-refractivity contribution in [1.29, 1.82) is 0 Å². The number of ether oxygens (including phenoxy) is 2. The van der Waals surface area contributed by atoms with Crippen molar-refractivity contribution in [3.05, 3.63) is 24.3 Å². The van der Waals surface area contributed by atoms with E-state index in [4.69, 9.17) is 9.47 Å². The van der Waals surface area contributed by atoms with Crippen LogP contribution in [-0.4, -0.2) is 38.8 Å². The van der Waals surface area contributed by atoms with Crippen LogP contribution in [0.25, 0.3) is 0 Å². The van der Waals surface area contributed by atoms with Gasteiger partial charge in [0.05, 0.1) is 12.6 Å². The van der Waals surface area contributed by atoms with Gasteiger partial charge < -0.3 is 20.1 Å². The number of nitrogens with one attached hydrogen (secondary N) is 2. The molecule has 0 radical (unpaired) electrons. The lowest BCUT2D eigenvalue weighted by molar-refractivity contribution is -0.121. The Morgan fingerprint density at radius 2 is 2.05 bits per heavy atom. The van der Waals surface area contributed by atoms with Crippen molar-refractivity contribution >= 4 is 11.6 Å². The quantitative estimate of drug-likeness (QED) is 0.793. The van der Waals surface area contributed by atoms with Crippen molar-refractivity contribution in [3.63, 3.8) is 0 Å². The summed E-state index contributed by atoms with van der Waals surface area (Å²) in [4.78, 5) is 12.5. The molecule has 1 fully saturated rings. The molecule has 122 valence electrons. The van der Waals surface area contributed by atoms with Gasteiger partial charge in [0.2, 0.25) is 5.91 Å². The van der Waals surface area contributed by atoms with Crippen LogP contribution in [0, 0.1) is 5.41 Å². The Labute approximate surface area is 132 Å². The molecule has 0 spiro atoms. The van der Waals surface area contributed by atoms with Crippen molar-refractivity contribution in [2.45, 2.75) is 32.7 Å². The van der Waals surface area contributed by atoms with E-state index in [2.05, 4.69) is 24.5 Å². The summed E-state index contributed by atoms with van der Waals surface area (Å²) < 4.78 is 10.4. The Bertz CT molecular complexity index is 485. The molecule has 0 bridgehead atoms. The van der Waals surface area contributed by atoms with Crippen LogP contribution in [-0.2, 0) is 9.53 Å². The number of hydrogen-bond donors (Lipinski definition) is 2. The van der Waals surface area contributed by atoms with E-state index in [1.807, 2.05) is 24.3 Å². The Balaban J connectivity index is 1.91. The summed E-state index contributed by atoms with van der Waals surface area (Å²) in [5.41, 5.74) is 0.762. The highest BCUT2D eigenvalue weighted by atomic mass is 16.5. The number of anilines is 1. The minimum absolute atomic E-state index is 0.0223. The highest BCUT2D eigenvalue weighted by Gasteiger charge is 2.36. The van der Waals surface area contributed by atoms with E-state index in [0.717, 1.165) is 30.8 Å². The Hall–Kier alpha value is -1.59. The summed E-state index contributed by atoms with van der Waals surface area (Å²) in [7, 11) is 1.64. The minimum atomic E-state index is -0.154. The largest absolute Gasteiger partial charge is 0.491 e. The molecule has 0 aromatic heterocycles. The summed E-state index contributed by atoms with van der Waals surface area (Å²) >= 11 is 0. The lowest BCUT2D eigenvalue weighted by Gasteiger charge is -2.38. The third-order valence-corrected chi connectivity index (χ3v) is 4.07. The molecule has 2 N–H and O–H groups in total. The predicted molar refractivity (Wildman–Crippen MR) is 87.2 cm³/mol. The molecule has 1 atom stereocenters. The third kappa shape index (κ3) is 4.45. The van der Waals surface area contributed by atoms with Gasteiger partial charge in [-0.15, -0.1) is 0 Å². The lowest BCUT2D eigenvalue weighted by atomic mass is 9.77. The highest BCUT2D eigenvalue weighted by molar-refractivity contribution is 5.95. The van der Waals surface area contributed by atoms with Gasteiger partial charge >= 0.3 is 0 Å². The second kappa shape index (κ2) is 7.61. The molecule has 0 saturated carbocycles. The van der Waals surface area contributed by atoms with Crippen LogP contribution < -0.4 is 15.4 Å². The van der Waals surface area contributed by atoms with Crippen LogP contribution in [0.4, 0.5) is 5.69 Å². The van der Waals surface area contributed by atoms with Crippen LogP contribution in [0.3, 0.4) is 0 Å². The van der Waals surface area contributed by atoms with Crippen LogP contribution in [0.15, 0.2) is 24.3 Å². The van der Waals surface area contributed by atoms with E-state index in [-0.39, 0.29) is 17.4 Å². The van der Waals surface area contributed by atoms with Crippen molar-refractivity contribution in [3.8, 4) is 5.75 Å². The monoisotopic (exact) mass is 306 g/mol. The second-order valence-electron chi connectivity index (χ2n) is 6.33. The molecular weight excluding hydrogens is 280 g/mol. The molecular formula is C17H26N2O3. The van der Waals surface area contributed by atoms with Crippen LogP contribution in [0.5, 0.6) is 5.75 Å². The molecule has 5 nitrogen and oxygen atoms in total. The number of carbonyl (C=O) groups excluding carboxylic acids is 1. The van der Waals surface area contributed by atoms with E-state index in [0.29, 0.717) is 13.2 Å². The second-order valence-corrected chi connectivity index (χ2v) is 6.33. The SMILES string of the molecule is COCCOc1ccc(NC(=O)C2NCCCC2(C)C)cc1. The zero-order chi connectivity index (χ0) is 16.0. The molecule has 1 amide bonds. The van der Waals surface area contributed by atoms with Gasteiger partial charge in [-0.1, -0.05) is 13.8 Å². The first kappa shape index (κ1) is 16.8. The van der Waals surface area contributed by atoms with Crippen LogP contribution >= 0.6 is 0 Å². The number of amides is 1. The van der Waals surface area contributed by atoms with E-state index >= 15 is 0 Å². The first-order valence-corrected chi connectivity index (χ1v) is 7.79. The van der Waals surface area contributed by atoms with Gasteiger partial charge in [0.15, 0.2) is 0 Å². The molecule has 1 aromatic rings. The zero-order valence-electron chi connectivity index (χ0n) is 13.6. The summed E-state index contributed by atoms with van der Waals surface area (Å²) in [6.45, 7) is 6.24. The maximum Gasteiger partial charge on any atom is 0.242 e. The highest BCUT2D eigenvalue weighted by Crippen LogP contribution is 2.30. The maximum atomic E-state index is 12.5. The van der Waals surface area contributed by atoms with Crippen LogP contribution in [0.1, 0.15) is 26.7 Å². The molecule has 1 aliphatic heterocycles. The summed E-state index contributed by atoms with van der Waals surface area (Å²) in [5, 5.41) is 6.30. The van der Waals surface area contributed by atoms with E-state index in [1.54, 1.807) is 7.11 Å². The molecule has 1 unspecified atom stereocenters. The zero-order valence-corrected chi connectivity index (χ0v) is 13.6. The average Bonchev–Trinajstić information content (AvgIpc) is 2.48. The van der Waals surface area contributed by atoms with Gasteiger partial charge in [-0.2, -0.15) is 0 Å². The van der Waals surface area contributed by atoms with E-state index < -0.39 is 0 Å². The van der Waals surface area contributed by atoms with Gasteiger partial charge in [-0.25, -0.2) is 0 Å². The Morgan fingerprint density at radius 1 is 1.32 bits per heavy atom. The Morgan fingerprint density at radius 3 is 2.68 bits per heavy atom. The fourth-order valence-electron chi connectivity index (χ4n) is 2.75. The molecule has 1 aliphatic rings. The predicted octanol–water partition coefficient (Wildman–Crippen LogP) is 2.43. The normalized spacial score (nSPS) is 20.4. The standard InChI is InChI=1S/C17H26N2O3/c1-17(2)9-4-10-18-15(17)16(20)19-13-5-7-14(8-6-13)22-12-11-21-3/h5-8,15,18H,4,9-12H2,1-3H3,(H,19,20). The number of hydrogen-bond acceptors (Lipinski definition) is 4. The third-order valence-electron chi connectivity index (χ3n) is 4.07. The lowest BCUT2D eigenvalue weighted by Crippen LogP contribution is -2.53. The molecule has 1 aromatic carbocycles. The summed E-state index contributed by atoms with van der Waals surface area (Å²) in [5.74, 6) is 0.795. The van der Waals surface area contributed by atoms with E-state index in [9.17, 15) is 4.79 Å². The van der Waals surface area contributed by atoms with Crippen molar-refractivity contribution in [2.75, 3.05) is 32.2 Å². The molecule has 5 heteroatoms. The molecule has 1 heterocycles. The Kier molecular flexibility index (Phi) is 5.80. The summed E-state index contributed by atoms with van der Waals surface area (Å²) in [6, 6.07) is 7.26. The fourth-order valence-corrected chi connectivity index (χ4v) is 2.75. The van der Waals surface area contributed by atoms with Crippen molar-refractivity contribution < 1.29 is 14.3 Å². The van der Waals surface area contributed by atoms with Crippen molar-refractivity contribution in [2.24, 2.45) is 5.41 Å². The molecule has 1 saturated heterocycles. The summed E-state index contributed by atoms with van der Waals surface area (Å²) in [6.07, 6.45) is 2.18. The number of piperidine rings is 1. The number of carbonyl (C=O) groups is 1. The topological polar surface area (TPSA) is 59.6 Å². The van der Waals surface area contributed by atoms with Crippen LogP contribution in [0.2, 0.25) is 0 Å². The van der Waals surface area contributed by atoms with Gasteiger partial charge in [-0.3, -0.25) is 4.79 Å². The first-order chi connectivity index (χ1) is 10.5. The van der Waals surface area contributed by atoms with Gasteiger partial charge in [0.1, 0.15) is 12.4 Å². The van der Waals surface area contributed by atoms with Gasteiger partial charge in [0, 0.05) is 12.8 Å². The number of benzene rings is 1. The molecule has 2 rings (SSSR count). The average molecular weight is 306 g/mol. The number of methoxy groups -OCH3 is 1. The van der Waals surface area contributed by atoms with Crippen molar-refractivity contribution in [1.82, 2.24) is 5.32 Å². The first-order valence-electron chi connectivity index (χ1n) is 7.79. The maximum absolute atomic E-state index is 12.5. The molecule has 0 aliphatic carbocycles. The number of rotatable bonds is 6. The van der Waals surface area contributed by atoms with E-state index in [1.165, 1.54) is 0 Å². The fraction of sp³-hybridized carbons (Fsp3) is 0.588. The van der Waals surface area contributed by atoms with Gasteiger partial charge in [0.25, 0.3) is 0 Å². The van der Waals surface area contributed by atoms with Gasteiger partial charge in [-0.05, 0) is 49.1 Å². The minimum Gasteiger partial charge on any atom is -0.491 e. The molecule has 22 heavy (non-hydrogen) atoms. The smallest absolute Gasteiger partial charge is 0.242 e.